The van der Waals surface area contributed by atoms with E-state index in [2.05, 4.69) is 12.1 Å². The summed E-state index contributed by atoms with van der Waals surface area (Å²) in [5.41, 5.74) is 2.63. The maximum Gasteiger partial charge on any atom is 0.122 e. The normalized spacial score (nSPS) is 41.3. The Labute approximate surface area is 109 Å². The van der Waals surface area contributed by atoms with Gasteiger partial charge in [0.25, 0.3) is 0 Å². The SMILES string of the molecule is Cc1cccc(C23CC4CC(CC(C4)C2)C3)c1O. The Balaban J connectivity index is 1.81. The van der Waals surface area contributed by atoms with Gasteiger partial charge in [0.15, 0.2) is 0 Å². The fourth-order valence-electron chi connectivity index (χ4n) is 5.53. The highest BCUT2D eigenvalue weighted by Gasteiger charge is 2.52. The minimum Gasteiger partial charge on any atom is -0.507 e. The molecule has 96 valence electrons. The molecule has 0 spiro atoms. The minimum absolute atomic E-state index is 0.324. The first-order valence-electron chi connectivity index (χ1n) is 7.45. The summed E-state index contributed by atoms with van der Waals surface area (Å²) in [6.45, 7) is 2.03. The van der Waals surface area contributed by atoms with E-state index in [1.54, 1.807) is 0 Å². The third-order valence-corrected chi connectivity index (χ3v) is 5.85. The monoisotopic (exact) mass is 242 g/mol. The number of phenols is 1. The quantitative estimate of drug-likeness (QED) is 0.783. The van der Waals surface area contributed by atoms with E-state index in [-0.39, 0.29) is 0 Å². The molecular weight excluding hydrogens is 220 g/mol. The van der Waals surface area contributed by atoms with Crippen LogP contribution in [0.25, 0.3) is 0 Å². The number of aryl methyl sites for hydroxylation is 1. The number of aromatic hydroxyl groups is 1. The summed E-state index contributed by atoms with van der Waals surface area (Å²) in [4.78, 5) is 0. The van der Waals surface area contributed by atoms with Gasteiger partial charge in [0.2, 0.25) is 0 Å². The first kappa shape index (κ1) is 10.9. The Morgan fingerprint density at radius 1 is 1.00 bits per heavy atom. The van der Waals surface area contributed by atoms with Gasteiger partial charge in [-0.25, -0.2) is 0 Å². The summed E-state index contributed by atoms with van der Waals surface area (Å²) in [6.07, 6.45) is 8.38. The largest absolute Gasteiger partial charge is 0.507 e. The van der Waals surface area contributed by atoms with Gasteiger partial charge in [0.05, 0.1) is 0 Å². The highest BCUT2D eigenvalue weighted by molar-refractivity contribution is 5.45. The van der Waals surface area contributed by atoms with Crippen LogP contribution in [0.3, 0.4) is 0 Å². The van der Waals surface area contributed by atoms with Crippen molar-refractivity contribution in [3.8, 4) is 5.75 Å². The Morgan fingerprint density at radius 2 is 1.56 bits per heavy atom. The zero-order chi connectivity index (χ0) is 12.3. The van der Waals surface area contributed by atoms with Crippen LogP contribution in [-0.2, 0) is 5.41 Å². The number of para-hydroxylation sites is 1. The molecule has 0 radical (unpaired) electrons. The molecule has 1 heteroatoms. The first-order valence-corrected chi connectivity index (χ1v) is 7.45. The van der Waals surface area contributed by atoms with Crippen molar-refractivity contribution in [1.29, 1.82) is 0 Å². The van der Waals surface area contributed by atoms with Crippen molar-refractivity contribution in [2.24, 2.45) is 17.8 Å². The van der Waals surface area contributed by atoms with Gasteiger partial charge in [-0.2, -0.15) is 0 Å². The number of hydrogen-bond acceptors (Lipinski definition) is 1. The molecule has 4 aliphatic carbocycles. The van der Waals surface area contributed by atoms with Crippen molar-refractivity contribution < 1.29 is 5.11 Å². The van der Waals surface area contributed by atoms with Crippen LogP contribution in [-0.4, -0.2) is 5.11 Å². The summed E-state index contributed by atoms with van der Waals surface area (Å²) < 4.78 is 0. The number of rotatable bonds is 1. The van der Waals surface area contributed by atoms with Gasteiger partial charge in [-0.15, -0.1) is 0 Å². The highest BCUT2D eigenvalue weighted by Crippen LogP contribution is 2.61. The van der Waals surface area contributed by atoms with Crippen LogP contribution >= 0.6 is 0 Å². The predicted octanol–water partition coefficient (Wildman–Crippen LogP) is 4.17. The van der Waals surface area contributed by atoms with Gasteiger partial charge < -0.3 is 5.11 Å². The molecule has 4 saturated carbocycles. The molecule has 0 aliphatic heterocycles. The second-order valence-corrected chi connectivity index (χ2v) is 7.17. The Bertz CT molecular complexity index is 453. The van der Waals surface area contributed by atoms with E-state index in [0.717, 1.165) is 23.3 Å². The summed E-state index contributed by atoms with van der Waals surface area (Å²) in [5.74, 6) is 3.41. The molecule has 0 amide bonds. The van der Waals surface area contributed by atoms with Crippen LogP contribution in [0.5, 0.6) is 5.75 Å². The van der Waals surface area contributed by atoms with Crippen molar-refractivity contribution in [3.05, 3.63) is 29.3 Å². The molecule has 1 N–H and O–H groups in total. The topological polar surface area (TPSA) is 20.2 Å². The van der Waals surface area contributed by atoms with E-state index in [0.29, 0.717) is 11.2 Å². The molecule has 4 bridgehead atoms. The van der Waals surface area contributed by atoms with E-state index < -0.39 is 0 Å². The van der Waals surface area contributed by atoms with Crippen molar-refractivity contribution in [1.82, 2.24) is 0 Å². The smallest absolute Gasteiger partial charge is 0.122 e. The van der Waals surface area contributed by atoms with Gasteiger partial charge in [-0.1, -0.05) is 18.2 Å². The van der Waals surface area contributed by atoms with Crippen LogP contribution in [0.15, 0.2) is 18.2 Å². The van der Waals surface area contributed by atoms with Crippen molar-refractivity contribution in [2.75, 3.05) is 0 Å². The van der Waals surface area contributed by atoms with Crippen LogP contribution in [0, 0.1) is 24.7 Å². The van der Waals surface area contributed by atoms with Crippen molar-refractivity contribution in [3.63, 3.8) is 0 Å². The number of phenolic OH excluding ortho intramolecular Hbond substituents is 1. The summed E-state index contributed by atoms with van der Waals surface area (Å²) in [6, 6.07) is 6.35. The van der Waals surface area contributed by atoms with Gasteiger partial charge in [-0.3, -0.25) is 0 Å². The van der Waals surface area contributed by atoms with Gasteiger partial charge in [0.1, 0.15) is 5.75 Å². The maximum atomic E-state index is 10.5. The molecule has 0 atom stereocenters. The Kier molecular flexibility index (Phi) is 2.13. The molecule has 1 nitrogen and oxygen atoms in total. The second kappa shape index (κ2) is 3.53. The molecule has 4 aliphatic rings. The number of hydrogen-bond donors (Lipinski definition) is 1. The minimum atomic E-state index is 0.324. The Morgan fingerprint density at radius 3 is 2.11 bits per heavy atom. The second-order valence-electron chi connectivity index (χ2n) is 7.17. The molecule has 0 heterocycles. The van der Waals surface area contributed by atoms with Crippen LogP contribution in [0.2, 0.25) is 0 Å². The molecule has 1 aromatic carbocycles. The first-order chi connectivity index (χ1) is 8.66. The zero-order valence-electron chi connectivity index (χ0n) is 11.2. The Hall–Kier alpha value is -0.980. The van der Waals surface area contributed by atoms with Crippen LogP contribution in [0.1, 0.15) is 49.7 Å². The van der Waals surface area contributed by atoms with E-state index in [9.17, 15) is 5.11 Å². The third kappa shape index (κ3) is 1.39. The average Bonchev–Trinajstić information content (AvgIpc) is 2.30. The summed E-state index contributed by atoms with van der Waals surface area (Å²) >= 11 is 0. The molecule has 5 rings (SSSR count). The fraction of sp³-hybridized carbons (Fsp3) is 0.647. The molecular formula is C17H22O. The fourth-order valence-corrected chi connectivity index (χ4v) is 5.53. The lowest BCUT2D eigenvalue weighted by Gasteiger charge is -2.57. The molecule has 1 aromatic rings. The van der Waals surface area contributed by atoms with Crippen LogP contribution < -0.4 is 0 Å². The predicted molar refractivity (Wildman–Crippen MR) is 72.7 cm³/mol. The molecule has 0 unspecified atom stereocenters. The van der Waals surface area contributed by atoms with E-state index >= 15 is 0 Å². The lowest BCUT2D eigenvalue weighted by Crippen LogP contribution is -2.48. The lowest BCUT2D eigenvalue weighted by molar-refractivity contribution is -0.00617. The average molecular weight is 242 g/mol. The summed E-state index contributed by atoms with van der Waals surface area (Å²) in [7, 11) is 0. The van der Waals surface area contributed by atoms with Gasteiger partial charge in [0, 0.05) is 5.56 Å². The maximum absolute atomic E-state index is 10.5. The van der Waals surface area contributed by atoms with Gasteiger partial charge >= 0.3 is 0 Å². The molecule has 18 heavy (non-hydrogen) atoms. The van der Waals surface area contributed by atoms with E-state index in [4.69, 9.17) is 0 Å². The van der Waals surface area contributed by atoms with Crippen molar-refractivity contribution in [2.45, 2.75) is 50.9 Å². The highest BCUT2D eigenvalue weighted by atomic mass is 16.3. The summed E-state index contributed by atoms with van der Waals surface area (Å²) in [5, 5.41) is 10.5. The molecule has 0 saturated heterocycles. The third-order valence-electron chi connectivity index (χ3n) is 5.85. The molecule has 4 fully saturated rings. The van der Waals surface area contributed by atoms with Gasteiger partial charge in [-0.05, 0) is 74.2 Å². The zero-order valence-corrected chi connectivity index (χ0v) is 11.2. The lowest BCUT2D eigenvalue weighted by atomic mass is 9.48. The van der Waals surface area contributed by atoms with Crippen molar-refractivity contribution >= 4 is 0 Å². The standard InChI is InChI=1S/C17H22O/c1-11-3-2-4-15(16(11)18)17-8-12-5-13(9-17)7-14(6-12)10-17/h2-4,12-14,18H,5-10H2,1H3. The van der Waals surface area contributed by atoms with E-state index in [1.165, 1.54) is 44.1 Å². The van der Waals surface area contributed by atoms with Crippen LogP contribution in [0.4, 0.5) is 0 Å². The number of benzene rings is 1. The molecule has 0 aromatic heterocycles. The van der Waals surface area contributed by atoms with E-state index in [1.807, 2.05) is 13.0 Å².